The topological polar surface area (TPSA) is 111 Å². The van der Waals surface area contributed by atoms with Gasteiger partial charge in [0.15, 0.2) is 6.10 Å². The number of unbranched alkanes of at least 4 members (excludes halogenated alkanes) is 32. The molecule has 378 valence electrons. The highest BCUT2D eigenvalue weighted by atomic mass is 31.2. The van der Waals surface area contributed by atoms with Crippen molar-refractivity contribution in [2.24, 2.45) is 0 Å². The normalized spacial score (nSPS) is 13.5. The monoisotopic (exact) mass is 926 g/mol. The van der Waals surface area contributed by atoms with Gasteiger partial charge in [-0.25, -0.2) is 0 Å². The summed E-state index contributed by atoms with van der Waals surface area (Å²) in [5.74, 6) is -0.825. The van der Waals surface area contributed by atoms with Gasteiger partial charge in [0.2, 0.25) is 0 Å². The first kappa shape index (κ1) is 62.5. The molecule has 0 radical (unpaired) electrons. The maximum atomic E-state index is 12.8. The fraction of sp³-hybridized carbons (Fsp3) is 0.889. The van der Waals surface area contributed by atoms with E-state index in [4.69, 9.17) is 18.5 Å². The third kappa shape index (κ3) is 49.9. The molecule has 2 atom stereocenters. The van der Waals surface area contributed by atoms with E-state index in [0.717, 1.165) is 51.4 Å². The summed E-state index contributed by atoms with van der Waals surface area (Å²) >= 11 is 0. The molecule has 0 aliphatic carbocycles. The highest BCUT2D eigenvalue weighted by Gasteiger charge is 2.21. The number of carbonyl (C=O) groups is 2. The van der Waals surface area contributed by atoms with Gasteiger partial charge in [0, 0.05) is 12.8 Å². The number of hydrogen-bond donors (Lipinski definition) is 0. The molecule has 64 heavy (non-hydrogen) atoms. The molecule has 10 heteroatoms. The van der Waals surface area contributed by atoms with Gasteiger partial charge in [-0.15, -0.1) is 0 Å². The lowest BCUT2D eigenvalue weighted by Crippen LogP contribution is -2.37. The zero-order valence-electron chi connectivity index (χ0n) is 42.7. The van der Waals surface area contributed by atoms with Crippen LogP contribution in [0, 0.1) is 0 Å². The van der Waals surface area contributed by atoms with Crippen molar-refractivity contribution in [3.63, 3.8) is 0 Å². The first-order valence-corrected chi connectivity index (χ1v) is 28.5. The van der Waals surface area contributed by atoms with E-state index in [2.05, 4.69) is 38.2 Å². The van der Waals surface area contributed by atoms with Gasteiger partial charge in [-0.1, -0.05) is 224 Å². The second-order valence-electron chi connectivity index (χ2n) is 19.6. The van der Waals surface area contributed by atoms with Crippen LogP contribution in [-0.4, -0.2) is 70.0 Å². The Labute approximate surface area is 396 Å². The second kappa shape index (κ2) is 46.6. The molecule has 0 aromatic rings. The van der Waals surface area contributed by atoms with Crippen LogP contribution in [0.3, 0.4) is 0 Å². The number of esters is 2. The predicted octanol–water partition coefficient (Wildman–Crippen LogP) is 15.6. The standard InChI is InChI=1S/C54H104NO8P/c1-6-8-10-12-14-16-18-20-22-24-26-27-29-30-32-34-36-38-40-42-44-46-53(56)60-50-52(51-62-64(58,59)61-49-48-55(3,4)5)63-54(57)47-45-43-41-39-37-35-33-31-28-25-23-21-19-17-15-13-11-9-7-2/h15,17,21,23,52H,6-14,16,18-20,22,24-51H2,1-5H3/b17-15-,23-21-. The summed E-state index contributed by atoms with van der Waals surface area (Å²) in [5, 5.41) is 0. The van der Waals surface area contributed by atoms with Crippen LogP contribution in [0.4, 0.5) is 0 Å². The summed E-state index contributed by atoms with van der Waals surface area (Å²) in [4.78, 5) is 37.8. The maximum Gasteiger partial charge on any atom is 0.306 e. The summed E-state index contributed by atoms with van der Waals surface area (Å²) in [6, 6.07) is 0. The quantitative estimate of drug-likeness (QED) is 0.0195. The average Bonchev–Trinajstić information content (AvgIpc) is 3.25. The molecule has 0 saturated heterocycles. The molecule has 0 rings (SSSR count). The molecule has 0 amide bonds. The van der Waals surface area contributed by atoms with E-state index in [-0.39, 0.29) is 32.0 Å². The van der Waals surface area contributed by atoms with Gasteiger partial charge < -0.3 is 27.9 Å². The van der Waals surface area contributed by atoms with Gasteiger partial charge in [0.1, 0.15) is 19.8 Å². The SMILES string of the molecule is CCCCC/C=C\C/C=C\CCCCCCCCCCCC(=O)OC(COC(=O)CCCCCCCCCCCCCCCCCCCCCCC)COP(=O)([O-])OCC[N+](C)(C)C. The van der Waals surface area contributed by atoms with E-state index < -0.39 is 26.5 Å². The van der Waals surface area contributed by atoms with Gasteiger partial charge in [0.05, 0.1) is 27.7 Å². The van der Waals surface area contributed by atoms with Crippen molar-refractivity contribution < 1.29 is 42.1 Å². The number of quaternary nitrogens is 1. The van der Waals surface area contributed by atoms with Crippen LogP contribution in [0.1, 0.15) is 258 Å². The molecular formula is C54H104NO8P. The molecule has 0 heterocycles. The smallest absolute Gasteiger partial charge is 0.306 e. The minimum Gasteiger partial charge on any atom is -0.756 e. The Morgan fingerprint density at radius 2 is 0.844 bits per heavy atom. The van der Waals surface area contributed by atoms with Crippen LogP contribution in [0.15, 0.2) is 24.3 Å². The lowest BCUT2D eigenvalue weighted by atomic mass is 10.0. The number of rotatable bonds is 50. The van der Waals surface area contributed by atoms with E-state index in [1.165, 1.54) is 173 Å². The summed E-state index contributed by atoms with van der Waals surface area (Å²) in [6.07, 6.45) is 53.5. The number of nitrogens with zero attached hydrogens (tertiary/aromatic N) is 1. The van der Waals surface area contributed by atoms with Gasteiger partial charge in [0.25, 0.3) is 7.82 Å². The number of allylic oxidation sites excluding steroid dienone is 4. The summed E-state index contributed by atoms with van der Waals surface area (Å²) in [7, 11) is 1.17. The average molecular weight is 926 g/mol. The molecule has 0 saturated carbocycles. The molecule has 0 aromatic carbocycles. The molecule has 0 bridgehead atoms. The lowest BCUT2D eigenvalue weighted by molar-refractivity contribution is -0.870. The zero-order chi connectivity index (χ0) is 47.1. The Kier molecular flexibility index (Phi) is 45.5. The van der Waals surface area contributed by atoms with Crippen LogP contribution in [0.5, 0.6) is 0 Å². The van der Waals surface area contributed by atoms with Crippen LogP contribution in [0.25, 0.3) is 0 Å². The number of likely N-dealkylation sites (N-methyl/N-ethyl adjacent to an activating group) is 1. The van der Waals surface area contributed by atoms with Crippen molar-refractivity contribution >= 4 is 19.8 Å². The maximum absolute atomic E-state index is 12.8. The molecule has 0 N–H and O–H groups in total. The van der Waals surface area contributed by atoms with E-state index in [9.17, 15) is 19.0 Å². The molecule has 0 spiro atoms. The third-order valence-corrected chi connectivity index (χ3v) is 12.9. The van der Waals surface area contributed by atoms with Crippen molar-refractivity contribution in [1.82, 2.24) is 0 Å². The van der Waals surface area contributed by atoms with Gasteiger partial charge in [-0.05, 0) is 44.9 Å². The third-order valence-electron chi connectivity index (χ3n) is 12.0. The minimum absolute atomic E-state index is 0.0294. The van der Waals surface area contributed by atoms with Crippen molar-refractivity contribution in [3.05, 3.63) is 24.3 Å². The molecule has 2 unspecified atom stereocenters. The van der Waals surface area contributed by atoms with Crippen molar-refractivity contribution in [1.29, 1.82) is 0 Å². The van der Waals surface area contributed by atoms with Crippen molar-refractivity contribution in [3.8, 4) is 0 Å². The Morgan fingerprint density at radius 1 is 0.484 bits per heavy atom. The summed E-state index contributed by atoms with van der Waals surface area (Å²) < 4.78 is 34.1. The Bertz CT molecular complexity index is 1140. The Morgan fingerprint density at radius 3 is 1.27 bits per heavy atom. The van der Waals surface area contributed by atoms with Crippen molar-refractivity contribution in [2.45, 2.75) is 264 Å². The van der Waals surface area contributed by atoms with Crippen LogP contribution in [0.2, 0.25) is 0 Å². The number of phosphoric acid groups is 1. The second-order valence-corrected chi connectivity index (χ2v) is 21.0. The molecule has 9 nitrogen and oxygen atoms in total. The number of phosphoric ester groups is 1. The predicted molar refractivity (Wildman–Crippen MR) is 268 cm³/mol. The fourth-order valence-electron chi connectivity index (χ4n) is 7.75. The molecule has 0 aliphatic heterocycles. The van der Waals surface area contributed by atoms with E-state index in [1.807, 2.05) is 21.1 Å². The number of carbonyl (C=O) groups excluding carboxylic acids is 2. The Balaban J connectivity index is 4.19. The first-order chi connectivity index (χ1) is 31.0. The lowest BCUT2D eigenvalue weighted by Gasteiger charge is -2.28. The van der Waals surface area contributed by atoms with Gasteiger partial charge in [-0.3, -0.25) is 14.2 Å². The highest BCUT2D eigenvalue weighted by Crippen LogP contribution is 2.38. The van der Waals surface area contributed by atoms with Crippen LogP contribution in [-0.2, 0) is 32.7 Å². The Hall–Kier alpha value is -1.51. The van der Waals surface area contributed by atoms with Crippen LogP contribution >= 0.6 is 7.82 Å². The fourth-order valence-corrected chi connectivity index (χ4v) is 8.48. The van der Waals surface area contributed by atoms with Crippen LogP contribution < -0.4 is 4.89 Å². The first-order valence-electron chi connectivity index (χ1n) is 27.0. The molecule has 0 aromatic heterocycles. The largest absolute Gasteiger partial charge is 0.756 e. The minimum atomic E-state index is -4.63. The molecule has 0 aliphatic rings. The molecule has 0 fully saturated rings. The van der Waals surface area contributed by atoms with E-state index >= 15 is 0 Å². The summed E-state index contributed by atoms with van der Waals surface area (Å²) in [5.41, 5.74) is 0. The summed E-state index contributed by atoms with van der Waals surface area (Å²) in [6.45, 7) is 4.25. The number of hydrogen-bond acceptors (Lipinski definition) is 8. The molecular weight excluding hydrogens is 822 g/mol. The van der Waals surface area contributed by atoms with E-state index in [0.29, 0.717) is 17.4 Å². The van der Waals surface area contributed by atoms with Gasteiger partial charge >= 0.3 is 11.9 Å². The van der Waals surface area contributed by atoms with Crippen molar-refractivity contribution in [2.75, 3.05) is 47.5 Å². The number of ether oxygens (including phenoxy) is 2. The van der Waals surface area contributed by atoms with E-state index in [1.54, 1.807) is 0 Å². The highest BCUT2D eigenvalue weighted by molar-refractivity contribution is 7.45. The van der Waals surface area contributed by atoms with Gasteiger partial charge in [-0.2, -0.15) is 0 Å². The zero-order valence-corrected chi connectivity index (χ0v) is 43.6.